The second kappa shape index (κ2) is 8.81. The van der Waals surface area contributed by atoms with E-state index in [2.05, 4.69) is 5.32 Å². The molecule has 2 aromatic rings. The first-order chi connectivity index (χ1) is 15.8. The molecule has 3 amide bonds. The molecule has 0 saturated carbocycles. The third-order valence-electron chi connectivity index (χ3n) is 5.46. The van der Waals surface area contributed by atoms with Crippen molar-refractivity contribution in [3.05, 3.63) is 53.6 Å². The zero-order valence-electron chi connectivity index (χ0n) is 18.1. The number of nitrogens with zero attached hydrogens (tertiary/aromatic N) is 1. The Kier molecular flexibility index (Phi) is 5.91. The second-order valence-electron chi connectivity index (χ2n) is 7.62. The van der Waals surface area contributed by atoms with E-state index < -0.39 is 42.4 Å². The van der Waals surface area contributed by atoms with Crippen LogP contribution >= 0.6 is 0 Å². The number of urea groups is 1. The first kappa shape index (κ1) is 22.1. The Balaban J connectivity index is 1.36. The van der Waals surface area contributed by atoms with Crippen molar-refractivity contribution in [2.45, 2.75) is 12.5 Å². The molecule has 1 atom stereocenters. The van der Waals surface area contributed by atoms with Crippen molar-refractivity contribution < 1.29 is 38.1 Å². The summed E-state index contributed by atoms with van der Waals surface area (Å²) >= 11 is 0. The standard InChI is InChI=1S/C23H22N2O8/c1-23(15-4-6-16(30-2)7-5-15)21(28)25(22(29)24-23)12-20(27)33-13-17(26)14-3-8-18-19(11-14)32-10-9-31-18/h3-8,11H,9-10,12-13H2,1-2H3,(H,24,29)/t23-/m1/s1. The Morgan fingerprint density at radius 2 is 1.76 bits per heavy atom. The molecule has 1 N–H and O–H groups in total. The lowest BCUT2D eigenvalue weighted by Crippen LogP contribution is -2.41. The van der Waals surface area contributed by atoms with Crippen molar-refractivity contribution in [3.8, 4) is 17.2 Å². The molecule has 172 valence electrons. The number of amides is 3. The van der Waals surface area contributed by atoms with Gasteiger partial charge in [-0.2, -0.15) is 0 Å². The summed E-state index contributed by atoms with van der Waals surface area (Å²) in [6.45, 7) is 1.19. The third-order valence-corrected chi connectivity index (χ3v) is 5.46. The molecular formula is C23H22N2O8. The van der Waals surface area contributed by atoms with Gasteiger partial charge in [0.25, 0.3) is 5.91 Å². The first-order valence-electron chi connectivity index (χ1n) is 10.2. The summed E-state index contributed by atoms with van der Waals surface area (Å²) in [6, 6.07) is 10.6. The highest BCUT2D eigenvalue weighted by Gasteiger charge is 2.49. The van der Waals surface area contributed by atoms with Crippen molar-refractivity contribution in [1.29, 1.82) is 0 Å². The van der Waals surface area contributed by atoms with Crippen molar-refractivity contribution in [1.82, 2.24) is 10.2 Å². The van der Waals surface area contributed by atoms with E-state index >= 15 is 0 Å². The van der Waals surface area contributed by atoms with Gasteiger partial charge in [0.2, 0.25) is 0 Å². The maximum Gasteiger partial charge on any atom is 0.326 e. The normalized spacial score (nSPS) is 19.2. The molecule has 10 heteroatoms. The molecule has 0 aromatic heterocycles. The highest BCUT2D eigenvalue weighted by molar-refractivity contribution is 6.09. The van der Waals surface area contributed by atoms with E-state index in [4.69, 9.17) is 18.9 Å². The Bertz CT molecular complexity index is 1110. The van der Waals surface area contributed by atoms with E-state index in [1.54, 1.807) is 43.3 Å². The minimum atomic E-state index is -1.34. The Morgan fingerprint density at radius 3 is 2.45 bits per heavy atom. The first-order valence-corrected chi connectivity index (χ1v) is 10.2. The molecule has 0 unspecified atom stereocenters. The minimum absolute atomic E-state index is 0.286. The van der Waals surface area contributed by atoms with E-state index in [0.717, 1.165) is 4.90 Å². The molecule has 4 rings (SSSR count). The van der Waals surface area contributed by atoms with Gasteiger partial charge in [-0.25, -0.2) is 4.79 Å². The van der Waals surface area contributed by atoms with E-state index in [1.807, 2.05) is 0 Å². The molecule has 2 aromatic carbocycles. The van der Waals surface area contributed by atoms with E-state index in [9.17, 15) is 19.2 Å². The number of esters is 1. The molecule has 0 spiro atoms. The predicted octanol–water partition coefficient (Wildman–Crippen LogP) is 1.66. The van der Waals surface area contributed by atoms with Gasteiger partial charge < -0.3 is 24.3 Å². The van der Waals surface area contributed by atoms with Crippen molar-refractivity contribution >= 4 is 23.7 Å². The lowest BCUT2D eigenvalue weighted by atomic mass is 9.92. The topological polar surface area (TPSA) is 120 Å². The average Bonchev–Trinajstić information content (AvgIpc) is 3.06. The fourth-order valence-corrected chi connectivity index (χ4v) is 3.58. The van der Waals surface area contributed by atoms with E-state index in [0.29, 0.717) is 36.0 Å². The number of Topliss-reactive ketones (excluding diaryl/α,β-unsaturated/α-hetero) is 1. The van der Waals surface area contributed by atoms with Gasteiger partial charge >= 0.3 is 12.0 Å². The van der Waals surface area contributed by atoms with E-state index in [-0.39, 0.29) is 5.56 Å². The maximum absolute atomic E-state index is 12.9. The quantitative estimate of drug-likeness (QED) is 0.381. The molecule has 2 aliphatic rings. The van der Waals surface area contributed by atoms with Gasteiger partial charge in [-0.05, 0) is 42.8 Å². The summed E-state index contributed by atoms with van der Waals surface area (Å²) in [5.74, 6) is -0.372. The fourth-order valence-electron chi connectivity index (χ4n) is 3.58. The monoisotopic (exact) mass is 454 g/mol. The Morgan fingerprint density at radius 1 is 1.06 bits per heavy atom. The molecule has 2 aliphatic heterocycles. The van der Waals surface area contributed by atoms with Gasteiger partial charge in [-0.1, -0.05) is 12.1 Å². The molecule has 0 radical (unpaired) electrons. The zero-order chi connectivity index (χ0) is 23.6. The average molecular weight is 454 g/mol. The number of carbonyl (C=O) groups is 4. The van der Waals surface area contributed by atoms with Crippen LogP contribution in [0.15, 0.2) is 42.5 Å². The van der Waals surface area contributed by atoms with Crippen LogP contribution in [-0.4, -0.2) is 62.1 Å². The molecule has 2 heterocycles. The highest BCUT2D eigenvalue weighted by Crippen LogP contribution is 2.31. The molecule has 10 nitrogen and oxygen atoms in total. The number of benzene rings is 2. The van der Waals surface area contributed by atoms with Crippen LogP contribution in [0.25, 0.3) is 0 Å². The number of nitrogens with one attached hydrogen (secondary N) is 1. The summed E-state index contributed by atoms with van der Waals surface area (Å²) in [4.78, 5) is 50.8. The molecule has 33 heavy (non-hydrogen) atoms. The zero-order valence-corrected chi connectivity index (χ0v) is 18.1. The molecule has 1 saturated heterocycles. The van der Waals surface area contributed by atoms with Crippen LogP contribution in [0.1, 0.15) is 22.8 Å². The van der Waals surface area contributed by atoms with Gasteiger partial charge in [-0.15, -0.1) is 0 Å². The predicted molar refractivity (Wildman–Crippen MR) is 113 cm³/mol. The highest BCUT2D eigenvalue weighted by atomic mass is 16.6. The van der Waals surface area contributed by atoms with Gasteiger partial charge in [-0.3, -0.25) is 19.3 Å². The molecule has 0 bridgehead atoms. The number of rotatable bonds is 7. The lowest BCUT2D eigenvalue weighted by Gasteiger charge is -2.22. The van der Waals surface area contributed by atoms with Gasteiger partial charge in [0, 0.05) is 5.56 Å². The maximum atomic E-state index is 12.9. The van der Waals surface area contributed by atoms with Crippen molar-refractivity contribution in [3.63, 3.8) is 0 Å². The molecular weight excluding hydrogens is 432 g/mol. The molecule has 1 fully saturated rings. The number of methoxy groups -OCH3 is 1. The summed E-state index contributed by atoms with van der Waals surface area (Å²) in [5.41, 5.74) is -0.523. The largest absolute Gasteiger partial charge is 0.497 e. The summed E-state index contributed by atoms with van der Waals surface area (Å²) < 4.78 is 21.0. The van der Waals surface area contributed by atoms with Crippen LogP contribution < -0.4 is 19.5 Å². The van der Waals surface area contributed by atoms with Gasteiger partial charge in [0.05, 0.1) is 7.11 Å². The van der Waals surface area contributed by atoms with E-state index in [1.165, 1.54) is 13.2 Å². The number of carbonyl (C=O) groups excluding carboxylic acids is 4. The van der Waals surface area contributed by atoms with Gasteiger partial charge in [0.1, 0.15) is 31.0 Å². The number of fused-ring (bicyclic) bond motifs is 1. The number of ketones is 1. The number of hydrogen-bond donors (Lipinski definition) is 1. The summed E-state index contributed by atoms with van der Waals surface area (Å²) in [7, 11) is 1.52. The summed E-state index contributed by atoms with van der Waals surface area (Å²) in [6.07, 6.45) is 0. The van der Waals surface area contributed by atoms with Crippen molar-refractivity contribution in [2.75, 3.05) is 33.5 Å². The number of imide groups is 1. The number of hydrogen-bond acceptors (Lipinski definition) is 8. The Labute approximate surface area is 189 Å². The fraction of sp³-hybridized carbons (Fsp3) is 0.304. The van der Waals surface area contributed by atoms with Crippen LogP contribution in [0, 0.1) is 0 Å². The molecule has 0 aliphatic carbocycles. The summed E-state index contributed by atoms with van der Waals surface area (Å²) in [5, 5.41) is 2.61. The van der Waals surface area contributed by atoms with Gasteiger partial charge in [0.15, 0.2) is 23.9 Å². The van der Waals surface area contributed by atoms with Crippen LogP contribution in [-0.2, 0) is 19.9 Å². The number of ether oxygens (including phenoxy) is 4. The van der Waals surface area contributed by atoms with Crippen LogP contribution in [0.5, 0.6) is 17.2 Å². The SMILES string of the molecule is COc1ccc([C@@]2(C)NC(=O)N(CC(=O)OCC(=O)c3ccc4c(c3)OCCO4)C2=O)cc1. The van der Waals surface area contributed by atoms with Crippen molar-refractivity contribution in [2.24, 2.45) is 0 Å². The van der Waals surface area contributed by atoms with Crippen LogP contribution in [0.2, 0.25) is 0 Å². The minimum Gasteiger partial charge on any atom is -0.497 e. The second-order valence-corrected chi connectivity index (χ2v) is 7.62. The lowest BCUT2D eigenvalue weighted by molar-refractivity contribution is -0.146. The third kappa shape index (κ3) is 4.32. The van der Waals surface area contributed by atoms with Crippen LogP contribution in [0.3, 0.4) is 0 Å². The Hall–Kier alpha value is -4.08. The van der Waals surface area contributed by atoms with Crippen LogP contribution in [0.4, 0.5) is 4.79 Å². The smallest absolute Gasteiger partial charge is 0.326 e.